The molecule has 0 bridgehead atoms. The van der Waals surface area contributed by atoms with Crippen LogP contribution in [0.3, 0.4) is 0 Å². The molecule has 130 valence electrons. The van der Waals surface area contributed by atoms with Gasteiger partial charge < -0.3 is 10.1 Å². The second-order valence-corrected chi connectivity index (χ2v) is 4.96. The van der Waals surface area contributed by atoms with Crippen LogP contribution in [0, 0.1) is 21.7 Å². The number of halogens is 2. The van der Waals surface area contributed by atoms with Gasteiger partial charge >= 0.3 is 5.69 Å². The van der Waals surface area contributed by atoms with Gasteiger partial charge in [0.05, 0.1) is 10.5 Å². The normalized spacial score (nSPS) is 10.2. The summed E-state index contributed by atoms with van der Waals surface area (Å²) in [4.78, 5) is 33.0. The first-order valence-electron chi connectivity index (χ1n) is 6.95. The summed E-state index contributed by atoms with van der Waals surface area (Å²) in [6.45, 7) is 0.525. The molecule has 2 rings (SSSR count). The predicted molar refractivity (Wildman–Crippen MR) is 83.6 cm³/mol. The maximum atomic E-state index is 14.0. The van der Waals surface area contributed by atoms with Gasteiger partial charge in [0.2, 0.25) is 11.7 Å². The lowest BCUT2D eigenvalue weighted by Gasteiger charge is -2.08. The van der Waals surface area contributed by atoms with E-state index < -0.39 is 46.3 Å². The molecule has 0 fully saturated rings. The molecule has 0 aliphatic heterocycles. The largest absolute Gasteiger partial charge is 0.478 e. The van der Waals surface area contributed by atoms with Gasteiger partial charge in [-0.05, 0) is 24.3 Å². The Morgan fingerprint density at radius 3 is 2.52 bits per heavy atom. The fourth-order valence-electron chi connectivity index (χ4n) is 2.00. The van der Waals surface area contributed by atoms with Crippen LogP contribution in [-0.4, -0.2) is 23.2 Å². The summed E-state index contributed by atoms with van der Waals surface area (Å²) < 4.78 is 32.1. The lowest BCUT2D eigenvalue weighted by Crippen LogP contribution is -2.14. The number of amides is 1. The molecular formula is C16H12F2N2O5. The first-order chi connectivity index (χ1) is 11.8. The third kappa shape index (κ3) is 4.56. The molecule has 0 saturated heterocycles. The minimum absolute atomic E-state index is 0.170. The summed E-state index contributed by atoms with van der Waals surface area (Å²) in [6.07, 6.45) is 0. The number of benzene rings is 2. The molecule has 1 amide bonds. The van der Waals surface area contributed by atoms with Crippen molar-refractivity contribution in [2.75, 3.05) is 11.9 Å². The van der Waals surface area contributed by atoms with Crippen molar-refractivity contribution in [1.82, 2.24) is 0 Å². The van der Waals surface area contributed by atoms with Gasteiger partial charge in [-0.1, -0.05) is 0 Å². The van der Waals surface area contributed by atoms with Gasteiger partial charge in [0, 0.05) is 24.7 Å². The van der Waals surface area contributed by atoms with Crippen LogP contribution in [0.4, 0.5) is 20.2 Å². The SMILES string of the molecule is CC(=O)Nc1ccc(C(=O)COc2cc(F)ccc2[N+](=O)[O-])c(F)c1. The van der Waals surface area contributed by atoms with E-state index >= 15 is 0 Å². The number of nitro groups is 1. The quantitative estimate of drug-likeness (QED) is 0.490. The smallest absolute Gasteiger partial charge is 0.311 e. The summed E-state index contributed by atoms with van der Waals surface area (Å²) in [5.74, 6) is -3.31. The first-order valence-corrected chi connectivity index (χ1v) is 6.95. The number of Topliss-reactive ketones (excluding diaryl/α,β-unsaturated/α-hetero) is 1. The van der Waals surface area contributed by atoms with E-state index in [-0.39, 0.29) is 11.3 Å². The van der Waals surface area contributed by atoms with Gasteiger partial charge in [-0.2, -0.15) is 0 Å². The highest BCUT2D eigenvalue weighted by molar-refractivity contribution is 5.98. The van der Waals surface area contributed by atoms with Crippen molar-refractivity contribution in [3.05, 3.63) is 63.7 Å². The zero-order valence-corrected chi connectivity index (χ0v) is 12.9. The number of carbonyl (C=O) groups excluding carboxylic acids is 2. The predicted octanol–water partition coefficient (Wildman–Crippen LogP) is 3.09. The van der Waals surface area contributed by atoms with Crippen LogP contribution in [0.5, 0.6) is 5.75 Å². The molecule has 2 aromatic carbocycles. The van der Waals surface area contributed by atoms with Crippen LogP contribution in [0.1, 0.15) is 17.3 Å². The van der Waals surface area contributed by atoms with Crippen molar-refractivity contribution in [3.63, 3.8) is 0 Å². The third-order valence-corrected chi connectivity index (χ3v) is 3.07. The molecule has 0 spiro atoms. The number of ketones is 1. The minimum atomic E-state index is -0.895. The lowest BCUT2D eigenvalue weighted by molar-refractivity contribution is -0.385. The van der Waals surface area contributed by atoms with Gasteiger partial charge in [0.25, 0.3) is 0 Å². The zero-order chi connectivity index (χ0) is 18.6. The molecule has 0 aliphatic rings. The maximum absolute atomic E-state index is 14.0. The summed E-state index contributed by atoms with van der Waals surface area (Å²) in [5.41, 5.74) is -0.674. The molecule has 7 nitrogen and oxygen atoms in total. The number of anilines is 1. The summed E-state index contributed by atoms with van der Waals surface area (Å²) in [5, 5.41) is 13.2. The van der Waals surface area contributed by atoms with Gasteiger partial charge in [0.1, 0.15) is 11.6 Å². The summed E-state index contributed by atoms with van der Waals surface area (Å²) >= 11 is 0. The Kier molecular flexibility index (Phi) is 5.38. The van der Waals surface area contributed by atoms with E-state index in [2.05, 4.69) is 5.32 Å². The van der Waals surface area contributed by atoms with E-state index in [9.17, 15) is 28.5 Å². The Balaban J connectivity index is 2.14. The molecule has 0 heterocycles. The van der Waals surface area contributed by atoms with Crippen molar-refractivity contribution in [3.8, 4) is 5.75 Å². The van der Waals surface area contributed by atoms with Crippen molar-refractivity contribution in [2.45, 2.75) is 6.92 Å². The Hall–Kier alpha value is -3.36. The first kappa shape index (κ1) is 18.0. The van der Waals surface area contributed by atoms with Crippen LogP contribution >= 0.6 is 0 Å². The number of rotatable bonds is 6. The second-order valence-electron chi connectivity index (χ2n) is 4.96. The van der Waals surface area contributed by atoms with Crippen LogP contribution in [-0.2, 0) is 4.79 Å². The number of ether oxygens (including phenoxy) is 1. The average molecular weight is 350 g/mol. The van der Waals surface area contributed by atoms with Gasteiger partial charge in [-0.3, -0.25) is 19.7 Å². The number of nitrogens with one attached hydrogen (secondary N) is 1. The van der Waals surface area contributed by atoms with Crippen LogP contribution in [0.2, 0.25) is 0 Å². The molecule has 0 radical (unpaired) electrons. The van der Waals surface area contributed by atoms with Crippen molar-refractivity contribution < 1.29 is 28.0 Å². The fraction of sp³-hybridized carbons (Fsp3) is 0.125. The van der Waals surface area contributed by atoms with Gasteiger partial charge in [0.15, 0.2) is 12.4 Å². The van der Waals surface area contributed by atoms with E-state index in [1.54, 1.807) is 0 Å². The number of hydrogen-bond acceptors (Lipinski definition) is 5. The van der Waals surface area contributed by atoms with Crippen molar-refractivity contribution in [1.29, 1.82) is 0 Å². The Morgan fingerprint density at radius 1 is 1.20 bits per heavy atom. The van der Waals surface area contributed by atoms with E-state index in [0.29, 0.717) is 0 Å². The number of hydrogen-bond donors (Lipinski definition) is 1. The zero-order valence-electron chi connectivity index (χ0n) is 12.9. The van der Waals surface area contributed by atoms with Gasteiger partial charge in [-0.15, -0.1) is 0 Å². The third-order valence-electron chi connectivity index (χ3n) is 3.07. The van der Waals surface area contributed by atoms with E-state index in [1.165, 1.54) is 13.0 Å². The van der Waals surface area contributed by atoms with Crippen molar-refractivity contribution in [2.24, 2.45) is 0 Å². The molecule has 0 aromatic heterocycles. The average Bonchev–Trinajstić information content (AvgIpc) is 2.51. The Bertz CT molecular complexity index is 854. The second kappa shape index (κ2) is 7.47. The number of nitrogens with zero attached hydrogens (tertiary/aromatic N) is 1. The van der Waals surface area contributed by atoms with Crippen LogP contribution in [0.15, 0.2) is 36.4 Å². The monoisotopic (exact) mass is 350 g/mol. The number of nitro benzene ring substituents is 1. The molecule has 0 saturated carbocycles. The molecule has 0 aliphatic carbocycles. The fourth-order valence-corrected chi connectivity index (χ4v) is 2.00. The van der Waals surface area contributed by atoms with Crippen molar-refractivity contribution >= 4 is 23.1 Å². The topological polar surface area (TPSA) is 98.5 Å². The van der Waals surface area contributed by atoms with E-state index in [0.717, 1.165) is 30.3 Å². The molecule has 2 aromatic rings. The molecule has 9 heteroatoms. The highest BCUT2D eigenvalue weighted by atomic mass is 19.1. The summed E-state index contributed by atoms with van der Waals surface area (Å²) in [6, 6.07) is 5.97. The minimum Gasteiger partial charge on any atom is -0.478 e. The summed E-state index contributed by atoms with van der Waals surface area (Å²) in [7, 11) is 0. The molecule has 0 unspecified atom stereocenters. The molecule has 25 heavy (non-hydrogen) atoms. The lowest BCUT2D eigenvalue weighted by atomic mass is 10.1. The van der Waals surface area contributed by atoms with Gasteiger partial charge in [-0.25, -0.2) is 8.78 Å². The van der Waals surface area contributed by atoms with E-state index in [4.69, 9.17) is 4.74 Å². The Labute approximate surface area is 140 Å². The molecule has 0 atom stereocenters. The molecule has 1 N–H and O–H groups in total. The Morgan fingerprint density at radius 2 is 1.92 bits per heavy atom. The highest BCUT2D eigenvalue weighted by Crippen LogP contribution is 2.27. The number of carbonyl (C=O) groups is 2. The highest BCUT2D eigenvalue weighted by Gasteiger charge is 2.19. The van der Waals surface area contributed by atoms with Crippen LogP contribution < -0.4 is 10.1 Å². The maximum Gasteiger partial charge on any atom is 0.311 e. The van der Waals surface area contributed by atoms with E-state index in [1.807, 2.05) is 0 Å². The standard InChI is InChI=1S/C16H12F2N2O5/c1-9(21)19-11-3-4-12(13(18)7-11)15(22)8-25-16-6-10(17)2-5-14(16)20(23)24/h2-7H,8H2,1H3,(H,19,21). The molecular weight excluding hydrogens is 338 g/mol. The van der Waals surface area contributed by atoms with Crippen LogP contribution in [0.25, 0.3) is 0 Å².